The van der Waals surface area contributed by atoms with Gasteiger partial charge in [0, 0.05) is 19.2 Å². The number of hydrogen-bond acceptors (Lipinski definition) is 5. The molecule has 160 valence electrons. The van der Waals surface area contributed by atoms with Crippen LogP contribution in [0.2, 0.25) is 0 Å². The molecule has 2 aromatic heterocycles. The van der Waals surface area contributed by atoms with Crippen LogP contribution in [0.5, 0.6) is 0 Å². The lowest BCUT2D eigenvalue weighted by atomic mass is 9.95. The van der Waals surface area contributed by atoms with Gasteiger partial charge < -0.3 is 20.0 Å². The Kier molecular flexibility index (Phi) is 5.13. The summed E-state index contributed by atoms with van der Waals surface area (Å²) in [5.41, 5.74) is -0.642. The van der Waals surface area contributed by atoms with Crippen LogP contribution in [-0.2, 0) is 17.9 Å². The Hall–Kier alpha value is -3.10. The number of carbonyl (C=O) groups is 3. The molecule has 1 aliphatic carbocycles. The Bertz CT molecular complexity index is 987. The van der Waals surface area contributed by atoms with E-state index in [1.54, 1.807) is 20.0 Å². The second-order valence-corrected chi connectivity index (χ2v) is 8.36. The zero-order chi connectivity index (χ0) is 21.5. The number of furan rings is 1. The predicted octanol–water partition coefficient (Wildman–Crippen LogP) is 1.62. The Morgan fingerprint density at radius 3 is 2.70 bits per heavy atom. The molecule has 3 heterocycles. The number of carbonyl (C=O) groups excluding carboxylic acids is 3. The lowest BCUT2D eigenvalue weighted by Gasteiger charge is -2.41. The predicted molar refractivity (Wildman–Crippen MR) is 108 cm³/mol. The molecule has 0 unspecified atom stereocenters. The average molecular weight is 413 g/mol. The number of nitrogens with one attached hydrogen (secondary N) is 2. The van der Waals surface area contributed by atoms with Gasteiger partial charge in [0.2, 0.25) is 5.91 Å². The van der Waals surface area contributed by atoms with Crippen molar-refractivity contribution < 1.29 is 18.8 Å². The van der Waals surface area contributed by atoms with Crippen molar-refractivity contribution in [2.75, 3.05) is 7.05 Å². The van der Waals surface area contributed by atoms with Crippen LogP contribution in [0.1, 0.15) is 65.1 Å². The number of hydrogen-bond donors (Lipinski definition) is 2. The standard InChI is InChI=1S/C21H27N5O4/c1-13-8-9-15(30-13)11-22-18(27)16-10-17-19(28)25(3)21(2,12-26(17)24-16)20(29)23-14-6-4-5-7-14/h8-10,14H,4-7,11-12H2,1-3H3,(H,22,27)(H,23,29)/t21-/m0/s1. The number of amides is 3. The zero-order valence-electron chi connectivity index (χ0n) is 17.5. The van der Waals surface area contributed by atoms with E-state index in [2.05, 4.69) is 15.7 Å². The molecule has 3 amide bonds. The highest BCUT2D eigenvalue weighted by Gasteiger charge is 2.46. The SMILES string of the molecule is Cc1ccc(CNC(=O)c2cc3n(n2)C[C@@](C)(C(=O)NC2CCCC2)N(C)C3=O)o1. The van der Waals surface area contributed by atoms with Gasteiger partial charge in [-0.2, -0.15) is 5.10 Å². The van der Waals surface area contributed by atoms with Crippen molar-refractivity contribution in [2.24, 2.45) is 0 Å². The summed E-state index contributed by atoms with van der Waals surface area (Å²) >= 11 is 0. The summed E-state index contributed by atoms with van der Waals surface area (Å²) in [6.45, 7) is 3.98. The molecule has 1 fully saturated rings. The fourth-order valence-electron chi connectivity index (χ4n) is 4.09. The van der Waals surface area contributed by atoms with Gasteiger partial charge in [-0.3, -0.25) is 19.1 Å². The highest BCUT2D eigenvalue weighted by molar-refractivity contribution is 6.01. The minimum Gasteiger partial charge on any atom is -0.465 e. The molecule has 0 saturated heterocycles. The summed E-state index contributed by atoms with van der Waals surface area (Å²) in [5, 5.41) is 10.1. The van der Waals surface area contributed by atoms with Gasteiger partial charge >= 0.3 is 0 Å². The largest absolute Gasteiger partial charge is 0.465 e. The van der Waals surface area contributed by atoms with Crippen LogP contribution >= 0.6 is 0 Å². The van der Waals surface area contributed by atoms with E-state index in [0.29, 0.717) is 11.5 Å². The molecule has 2 aromatic rings. The third kappa shape index (κ3) is 3.59. The van der Waals surface area contributed by atoms with Gasteiger partial charge in [0.25, 0.3) is 11.8 Å². The highest BCUT2D eigenvalue weighted by Crippen LogP contribution is 2.27. The molecule has 9 heteroatoms. The summed E-state index contributed by atoms with van der Waals surface area (Å²) < 4.78 is 6.91. The summed E-state index contributed by atoms with van der Waals surface area (Å²) in [5.74, 6) is 0.472. The quantitative estimate of drug-likeness (QED) is 0.774. The first-order valence-corrected chi connectivity index (χ1v) is 10.3. The summed E-state index contributed by atoms with van der Waals surface area (Å²) in [6, 6.07) is 5.24. The van der Waals surface area contributed by atoms with Crippen LogP contribution in [0.15, 0.2) is 22.6 Å². The molecule has 0 bridgehead atoms. The second kappa shape index (κ2) is 7.62. The first kappa shape index (κ1) is 20.2. The summed E-state index contributed by atoms with van der Waals surface area (Å²) in [7, 11) is 1.62. The maximum absolute atomic E-state index is 13.0. The highest BCUT2D eigenvalue weighted by atomic mass is 16.3. The van der Waals surface area contributed by atoms with Crippen molar-refractivity contribution in [3.05, 3.63) is 41.1 Å². The molecule has 2 N–H and O–H groups in total. The molecule has 1 aliphatic heterocycles. The van der Waals surface area contributed by atoms with Gasteiger partial charge in [0.05, 0.1) is 13.1 Å². The normalized spacial score (nSPS) is 21.6. The van der Waals surface area contributed by atoms with Crippen LogP contribution < -0.4 is 10.6 Å². The molecule has 2 aliphatic rings. The van der Waals surface area contributed by atoms with E-state index in [4.69, 9.17) is 4.42 Å². The van der Waals surface area contributed by atoms with Crippen molar-refractivity contribution >= 4 is 17.7 Å². The fraction of sp³-hybridized carbons (Fsp3) is 0.524. The Morgan fingerprint density at radius 2 is 2.03 bits per heavy atom. The second-order valence-electron chi connectivity index (χ2n) is 8.36. The first-order chi connectivity index (χ1) is 14.3. The molecule has 1 atom stereocenters. The number of likely N-dealkylation sites (N-methyl/N-ethyl adjacent to an activating group) is 1. The zero-order valence-corrected chi connectivity index (χ0v) is 17.5. The molecule has 9 nitrogen and oxygen atoms in total. The van der Waals surface area contributed by atoms with Crippen LogP contribution in [0, 0.1) is 6.92 Å². The molecule has 0 spiro atoms. The smallest absolute Gasteiger partial charge is 0.272 e. The lowest BCUT2D eigenvalue weighted by Crippen LogP contribution is -2.63. The number of rotatable bonds is 5. The van der Waals surface area contributed by atoms with E-state index >= 15 is 0 Å². The van der Waals surface area contributed by atoms with Gasteiger partial charge in [-0.1, -0.05) is 12.8 Å². The molecular formula is C21H27N5O4. The van der Waals surface area contributed by atoms with Gasteiger partial charge in [0.15, 0.2) is 5.69 Å². The van der Waals surface area contributed by atoms with Gasteiger partial charge in [-0.05, 0) is 38.8 Å². The Labute approximate surface area is 174 Å². The van der Waals surface area contributed by atoms with E-state index in [0.717, 1.165) is 31.4 Å². The van der Waals surface area contributed by atoms with E-state index in [1.807, 2.05) is 13.0 Å². The molecule has 0 radical (unpaired) electrons. The summed E-state index contributed by atoms with van der Waals surface area (Å²) in [6.07, 6.45) is 4.14. The number of fused-ring (bicyclic) bond motifs is 1. The third-order valence-corrected chi connectivity index (χ3v) is 6.13. The number of aromatic nitrogens is 2. The monoisotopic (exact) mass is 413 g/mol. The topological polar surface area (TPSA) is 109 Å². The van der Waals surface area contributed by atoms with E-state index in [-0.39, 0.29) is 36.6 Å². The van der Waals surface area contributed by atoms with Crippen molar-refractivity contribution in [1.29, 1.82) is 0 Å². The average Bonchev–Trinajstić information content (AvgIpc) is 3.45. The van der Waals surface area contributed by atoms with E-state index in [9.17, 15) is 14.4 Å². The molecular weight excluding hydrogens is 386 g/mol. The fourth-order valence-corrected chi connectivity index (χ4v) is 4.09. The molecule has 30 heavy (non-hydrogen) atoms. The summed E-state index contributed by atoms with van der Waals surface area (Å²) in [4.78, 5) is 39.9. The Morgan fingerprint density at radius 1 is 1.30 bits per heavy atom. The van der Waals surface area contributed by atoms with E-state index in [1.165, 1.54) is 15.6 Å². The van der Waals surface area contributed by atoms with Crippen LogP contribution in [0.4, 0.5) is 0 Å². The van der Waals surface area contributed by atoms with Crippen LogP contribution in [-0.4, -0.2) is 51.0 Å². The van der Waals surface area contributed by atoms with Gasteiger partial charge in [0.1, 0.15) is 22.8 Å². The third-order valence-electron chi connectivity index (χ3n) is 6.13. The minimum absolute atomic E-state index is 0.135. The Balaban J connectivity index is 1.49. The number of aryl methyl sites for hydroxylation is 1. The van der Waals surface area contributed by atoms with E-state index < -0.39 is 11.4 Å². The minimum atomic E-state index is -1.07. The van der Waals surface area contributed by atoms with Crippen LogP contribution in [0.3, 0.4) is 0 Å². The van der Waals surface area contributed by atoms with Gasteiger partial charge in [-0.25, -0.2) is 0 Å². The lowest BCUT2D eigenvalue weighted by molar-refractivity contribution is -0.133. The van der Waals surface area contributed by atoms with Crippen LogP contribution in [0.25, 0.3) is 0 Å². The molecule has 4 rings (SSSR count). The molecule has 0 aromatic carbocycles. The van der Waals surface area contributed by atoms with Crippen molar-refractivity contribution in [2.45, 2.75) is 64.2 Å². The van der Waals surface area contributed by atoms with Crippen molar-refractivity contribution in [3.63, 3.8) is 0 Å². The first-order valence-electron chi connectivity index (χ1n) is 10.3. The molecule has 1 saturated carbocycles. The maximum atomic E-state index is 13.0. The van der Waals surface area contributed by atoms with Crippen molar-refractivity contribution in [1.82, 2.24) is 25.3 Å². The van der Waals surface area contributed by atoms with Crippen molar-refractivity contribution in [3.8, 4) is 0 Å². The maximum Gasteiger partial charge on any atom is 0.272 e. The number of nitrogens with zero attached hydrogens (tertiary/aromatic N) is 3. The van der Waals surface area contributed by atoms with Gasteiger partial charge in [-0.15, -0.1) is 0 Å².